The Labute approximate surface area is 118 Å². The van der Waals surface area contributed by atoms with E-state index in [0.29, 0.717) is 17.9 Å². The lowest BCUT2D eigenvalue weighted by atomic mass is 10.1. The van der Waals surface area contributed by atoms with Crippen LogP contribution in [0.3, 0.4) is 0 Å². The molecule has 0 aliphatic carbocycles. The Kier molecular flexibility index (Phi) is 4.38. The molecule has 0 heterocycles. The Morgan fingerprint density at radius 1 is 1.25 bits per heavy atom. The molecule has 2 aromatic rings. The molecule has 4 heteroatoms. The molecule has 0 aliphatic rings. The first-order chi connectivity index (χ1) is 9.60. The Hall–Kier alpha value is -2.33. The van der Waals surface area contributed by atoms with Crippen molar-refractivity contribution in [2.24, 2.45) is 0 Å². The molecule has 2 aromatic carbocycles. The van der Waals surface area contributed by atoms with E-state index in [0.717, 1.165) is 16.8 Å². The molecule has 0 fully saturated rings. The standard InChI is InChI=1S/C16H18N2O2/c1-11-8-13(17)6-7-15(11)16(19)18-14-5-3-4-12(9-14)10-20-2/h3-9H,10,17H2,1-2H3,(H,18,19). The van der Waals surface area contributed by atoms with Gasteiger partial charge in [0.05, 0.1) is 6.61 Å². The van der Waals surface area contributed by atoms with Gasteiger partial charge in [-0.25, -0.2) is 0 Å². The third kappa shape index (κ3) is 3.36. The molecule has 2 rings (SSSR count). The molecule has 0 saturated carbocycles. The lowest BCUT2D eigenvalue weighted by Crippen LogP contribution is -2.13. The SMILES string of the molecule is COCc1cccc(NC(=O)c2ccc(N)cc2C)c1. The monoisotopic (exact) mass is 270 g/mol. The number of benzene rings is 2. The third-order valence-electron chi connectivity index (χ3n) is 2.99. The van der Waals surface area contributed by atoms with E-state index < -0.39 is 0 Å². The summed E-state index contributed by atoms with van der Waals surface area (Å²) in [5, 5.41) is 2.88. The molecule has 0 radical (unpaired) electrons. The first-order valence-electron chi connectivity index (χ1n) is 6.35. The van der Waals surface area contributed by atoms with Gasteiger partial charge in [0.1, 0.15) is 0 Å². The van der Waals surface area contributed by atoms with Crippen LogP contribution in [0.25, 0.3) is 0 Å². The number of nitrogens with one attached hydrogen (secondary N) is 1. The highest BCUT2D eigenvalue weighted by atomic mass is 16.5. The van der Waals surface area contributed by atoms with Crippen molar-refractivity contribution in [3.8, 4) is 0 Å². The molecule has 0 aromatic heterocycles. The van der Waals surface area contributed by atoms with Crippen molar-refractivity contribution in [2.45, 2.75) is 13.5 Å². The molecule has 20 heavy (non-hydrogen) atoms. The molecule has 1 amide bonds. The van der Waals surface area contributed by atoms with Crippen LogP contribution in [0.15, 0.2) is 42.5 Å². The van der Waals surface area contributed by atoms with Crippen molar-refractivity contribution in [1.82, 2.24) is 0 Å². The van der Waals surface area contributed by atoms with Gasteiger partial charge in [-0.1, -0.05) is 12.1 Å². The van der Waals surface area contributed by atoms with Crippen LogP contribution in [-0.4, -0.2) is 13.0 Å². The molecule has 3 N–H and O–H groups in total. The van der Waals surface area contributed by atoms with Gasteiger partial charge in [-0.2, -0.15) is 0 Å². The molecule has 4 nitrogen and oxygen atoms in total. The number of methoxy groups -OCH3 is 1. The maximum atomic E-state index is 12.2. The first-order valence-corrected chi connectivity index (χ1v) is 6.35. The fourth-order valence-corrected chi connectivity index (χ4v) is 2.05. The van der Waals surface area contributed by atoms with Crippen molar-refractivity contribution >= 4 is 17.3 Å². The smallest absolute Gasteiger partial charge is 0.255 e. The number of carbonyl (C=O) groups excluding carboxylic acids is 1. The fourth-order valence-electron chi connectivity index (χ4n) is 2.05. The summed E-state index contributed by atoms with van der Waals surface area (Å²) in [6.45, 7) is 2.39. The molecule has 0 saturated heterocycles. The average Bonchev–Trinajstić information content (AvgIpc) is 2.39. The number of hydrogen-bond acceptors (Lipinski definition) is 3. The summed E-state index contributed by atoms with van der Waals surface area (Å²) >= 11 is 0. The van der Waals surface area contributed by atoms with Gasteiger partial charge < -0.3 is 15.8 Å². The highest BCUT2D eigenvalue weighted by Crippen LogP contribution is 2.16. The Morgan fingerprint density at radius 3 is 2.75 bits per heavy atom. The summed E-state index contributed by atoms with van der Waals surface area (Å²) in [5.74, 6) is -0.142. The van der Waals surface area contributed by atoms with Crippen LogP contribution in [0, 0.1) is 6.92 Å². The predicted octanol–water partition coefficient (Wildman–Crippen LogP) is 2.98. The number of carbonyl (C=O) groups is 1. The van der Waals surface area contributed by atoms with E-state index in [1.165, 1.54) is 0 Å². The first kappa shape index (κ1) is 14.1. The summed E-state index contributed by atoms with van der Waals surface area (Å²) in [6, 6.07) is 12.8. The molecular formula is C16H18N2O2. The second kappa shape index (κ2) is 6.21. The van der Waals surface area contributed by atoms with E-state index in [1.54, 1.807) is 25.3 Å². The van der Waals surface area contributed by atoms with Crippen molar-refractivity contribution in [2.75, 3.05) is 18.2 Å². The van der Waals surface area contributed by atoms with E-state index in [2.05, 4.69) is 5.32 Å². The van der Waals surface area contributed by atoms with Gasteiger partial charge in [-0.05, 0) is 48.4 Å². The summed E-state index contributed by atoms with van der Waals surface area (Å²) in [6.07, 6.45) is 0. The van der Waals surface area contributed by atoms with Crippen LogP contribution in [0.4, 0.5) is 11.4 Å². The van der Waals surface area contributed by atoms with E-state index in [1.807, 2.05) is 31.2 Å². The number of nitrogen functional groups attached to an aromatic ring is 1. The van der Waals surface area contributed by atoms with E-state index in [4.69, 9.17) is 10.5 Å². The minimum absolute atomic E-state index is 0.142. The van der Waals surface area contributed by atoms with Crippen LogP contribution in [0.5, 0.6) is 0 Å². The number of aryl methyl sites for hydroxylation is 1. The topological polar surface area (TPSA) is 64.3 Å². The molecule has 0 unspecified atom stereocenters. The Balaban J connectivity index is 2.17. The molecule has 0 bridgehead atoms. The molecule has 104 valence electrons. The fraction of sp³-hybridized carbons (Fsp3) is 0.188. The lowest BCUT2D eigenvalue weighted by Gasteiger charge is -2.09. The molecule has 0 atom stereocenters. The van der Waals surface area contributed by atoms with Gasteiger partial charge in [-0.3, -0.25) is 4.79 Å². The van der Waals surface area contributed by atoms with Gasteiger partial charge in [0.15, 0.2) is 0 Å². The lowest BCUT2D eigenvalue weighted by molar-refractivity contribution is 0.102. The van der Waals surface area contributed by atoms with E-state index in [9.17, 15) is 4.79 Å². The summed E-state index contributed by atoms with van der Waals surface area (Å²) in [4.78, 5) is 12.2. The van der Waals surface area contributed by atoms with E-state index >= 15 is 0 Å². The third-order valence-corrected chi connectivity index (χ3v) is 2.99. The molecular weight excluding hydrogens is 252 g/mol. The summed E-state index contributed by atoms with van der Waals surface area (Å²) < 4.78 is 5.08. The van der Waals surface area contributed by atoms with Gasteiger partial charge in [-0.15, -0.1) is 0 Å². The largest absolute Gasteiger partial charge is 0.399 e. The molecule has 0 spiro atoms. The quantitative estimate of drug-likeness (QED) is 0.839. The highest BCUT2D eigenvalue weighted by Gasteiger charge is 2.09. The number of anilines is 2. The van der Waals surface area contributed by atoms with Crippen molar-refractivity contribution < 1.29 is 9.53 Å². The normalized spacial score (nSPS) is 10.3. The van der Waals surface area contributed by atoms with Crippen LogP contribution in [0.1, 0.15) is 21.5 Å². The summed E-state index contributed by atoms with van der Waals surface area (Å²) in [5.41, 5.74) is 9.58. The van der Waals surface area contributed by atoms with Gasteiger partial charge in [0.2, 0.25) is 0 Å². The second-order valence-electron chi connectivity index (χ2n) is 4.66. The minimum Gasteiger partial charge on any atom is -0.399 e. The maximum absolute atomic E-state index is 12.2. The number of rotatable bonds is 4. The maximum Gasteiger partial charge on any atom is 0.255 e. The second-order valence-corrected chi connectivity index (χ2v) is 4.66. The van der Waals surface area contributed by atoms with Gasteiger partial charge >= 0.3 is 0 Å². The zero-order valence-electron chi connectivity index (χ0n) is 11.6. The molecule has 0 aliphatic heterocycles. The minimum atomic E-state index is -0.142. The number of hydrogen-bond donors (Lipinski definition) is 2. The van der Waals surface area contributed by atoms with E-state index in [-0.39, 0.29) is 5.91 Å². The van der Waals surface area contributed by atoms with Crippen LogP contribution in [0.2, 0.25) is 0 Å². The van der Waals surface area contributed by atoms with Crippen LogP contribution >= 0.6 is 0 Å². The van der Waals surface area contributed by atoms with Gasteiger partial charge in [0.25, 0.3) is 5.91 Å². The average molecular weight is 270 g/mol. The number of ether oxygens (including phenoxy) is 1. The zero-order chi connectivity index (χ0) is 14.5. The summed E-state index contributed by atoms with van der Waals surface area (Å²) in [7, 11) is 1.64. The zero-order valence-corrected chi connectivity index (χ0v) is 11.6. The Bertz CT molecular complexity index is 624. The van der Waals surface area contributed by atoms with Crippen molar-refractivity contribution in [1.29, 1.82) is 0 Å². The van der Waals surface area contributed by atoms with Crippen LogP contribution < -0.4 is 11.1 Å². The number of amides is 1. The van der Waals surface area contributed by atoms with Crippen molar-refractivity contribution in [3.63, 3.8) is 0 Å². The number of nitrogens with two attached hydrogens (primary N) is 1. The Morgan fingerprint density at radius 2 is 2.05 bits per heavy atom. The predicted molar refractivity (Wildman–Crippen MR) is 80.7 cm³/mol. The van der Waals surface area contributed by atoms with Crippen LogP contribution in [-0.2, 0) is 11.3 Å². The highest BCUT2D eigenvalue weighted by molar-refractivity contribution is 6.05. The van der Waals surface area contributed by atoms with Gasteiger partial charge in [0, 0.05) is 24.0 Å². The van der Waals surface area contributed by atoms with Crippen molar-refractivity contribution in [3.05, 3.63) is 59.2 Å².